The molecule has 21 heavy (non-hydrogen) atoms. The van der Waals surface area contributed by atoms with Crippen LogP contribution in [-0.2, 0) is 19.6 Å². The first-order valence-electron chi connectivity index (χ1n) is 6.90. The van der Waals surface area contributed by atoms with Gasteiger partial charge < -0.3 is 10.4 Å². The van der Waals surface area contributed by atoms with E-state index in [1.54, 1.807) is 16.0 Å². The van der Waals surface area contributed by atoms with Gasteiger partial charge in [0.25, 0.3) is 0 Å². The van der Waals surface area contributed by atoms with E-state index in [4.69, 9.17) is 5.11 Å². The lowest BCUT2D eigenvalue weighted by molar-refractivity contribution is 0.276. The molecule has 1 aromatic carbocycles. The summed E-state index contributed by atoms with van der Waals surface area (Å²) in [7, 11) is 0. The molecule has 0 aliphatic heterocycles. The smallest absolute Gasteiger partial charge is 0.108 e. The number of aliphatic hydroxyl groups excluding tert-OH is 1. The minimum atomic E-state index is 0.172. The van der Waals surface area contributed by atoms with Crippen molar-refractivity contribution in [2.75, 3.05) is 6.61 Å². The first-order valence-corrected chi connectivity index (χ1v) is 7.72. The standard InChI is InChI=1S/C14H17N5OS/c20-7-3-6-19-10-11(17-18-19)8-15-9-14-16-12-4-1-2-5-13(12)21-14/h1-2,4-5,10,15,20H,3,6-9H2. The third kappa shape index (κ3) is 3.63. The van der Waals surface area contributed by atoms with Gasteiger partial charge in [0.2, 0.25) is 0 Å². The van der Waals surface area contributed by atoms with Crippen LogP contribution in [0.2, 0.25) is 0 Å². The highest BCUT2D eigenvalue weighted by atomic mass is 32.1. The lowest BCUT2D eigenvalue weighted by Gasteiger charge is -1.98. The molecule has 0 unspecified atom stereocenters. The molecule has 0 spiro atoms. The monoisotopic (exact) mass is 303 g/mol. The molecule has 0 bridgehead atoms. The molecule has 0 aliphatic rings. The van der Waals surface area contributed by atoms with Crippen molar-refractivity contribution in [3.8, 4) is 0 Å². The molecule has 0 aliphatic carbocycles. The number of nitrogens with one attached hydrogen (secondary N) is 1. The zero-order valence-electron chi connectivity index (χ0n) is 11.6. The maximum absolute atomic E-state index is 8.78. The summed E-state index contributed by atoms with van der Waals surface area (Å²) in [5.41, 5.74) is 1.95. The Kier molecular flexibility index (Phi) is 4.54. The van der Waals surface area contributed by atoms with E-state index in [0.29, 0.717) is 19.5 Å². The summed E-state index contributed by atoms with van der Waals surface area (Å²) in [4.78, 5) is 4.58. The van der Waals surface area contributed by atoms with Crippen LogP contribution in [0.1, 0.15) is 17.1 Å². The van der Waals surface area contributed by atoms with E-state index < -0.39 is 0 Å². The van der Waals surface area contributed by atoms with Crippen LogP contribution in [0.3, 0.4) is 0 Å². The van der Waals surface area contributed by atoms with E-state index in [9.17, 15) is 0 Å². The number of aromatic nitrogens is 4. The van der Waals surface area contributed by atoms with Gasteiger partial charge in [0.1, 0.15) is 5.01 Å². The molecule has 0 saturated heterocycles. The number of fused-ring (bicyclic) bond motifs is 1. The predicted molar refractivity (Wildman–Crippen MR) is 81.9 cm³/mol. The fraction of sp³-hybridized carbons (Fsp3) is 0.357. The number of aryl methyl sites for hydroxylation is 1. The minimum absolute atomic E-state index is 0.172. The molecular weight excluding hydrogens is 286 g/mol. The van der Waals surface area contributed by atoms with Crippen molar-refractivity contribution < 1.29 is 5.11 Å². The SMILES string of the molecule is OCCCn1cc(CNCc2nc3ccccc3s2)nn1. The summed E-state index contributed by atoms with van der Waals surface area (Å²) < 4.78 is 2.97. The van der Waals surface area contributed by atoms with Gasteiger partial charge in [0.15, 0.2) is 0 Å². The van der Waals surface area contributed by atoms with Crippen molar-refractivity contribution in [2.24, 2.45) is 0 Å². The third-order valence-electron chi connectivity index (χ3n) is 3.05. The third-order valence-corrected chi connectivity index (χ3v) is 4.09. The molecule has 3 aromatic rings. The maximum Gasteiger partial charge on any atom is 0.108 e. The Labute approximate surface area is 126 Å². The van der Waals surface area contributed by atoms with Crippen LogP contribution >= 0.6 is 11.3 Å². The van der Waals surface area contributed by atoms with Gasteiger partial charge in [-0.15, -0.1) is 16.4 Å². The van der Waals surface area contributed by atoms with Gasteiger partial charge in [0.05, 0.1) is 15.9 Å². The number of aliphatic hydroxyl groups is 1. The zero-order valence-corrected chi connectivity index (χ0v) is 12.4. The highest BCUT2D eigenvalue weighted by Crippen LogP contribution is 2.21. The molecule has 7 heteroatoms. The number of para-hydroxylation sites is 1. The van der Waals surface area contributed by atoms with Crippen LogP contribution in [0.4, 0.5) is 0 Å². The first kappa shape index (κ1) is 14.1. The van der Waals surface area contributed by atoms with Gasteiger partial charge in [-0.3, -0.25) is 4.68 Å². The fourth-order valence-electron chi connectivity index (χ4n) is 2.05. The van der Waals surface area contributed by atoms with Gasteiger partial charge in [-0.25, -0.2) is 4.98 Å². The summed E-state index contributed by atoms with van der Waals surface area (Å²) in [6.45, 7) is 2.25. The largest absolute Gasteiger partial charge is 0.396 e. The summed E-state index contributed by atoms with van der Waals surface area (Å²) in [5, 5.41) is 21.3. The van der Waals surface area contributed by atoms with Crippen LogP contribution in [-0.4, -0.2) is 31.7 Å². The van der Waals surface area contributed by atoms with Crippen LogP contribution in [0, 0.1) is 0 Å². The molecule has 0 amide bonds. The van der Waals surface area contributed by atoms with Gasteiger partial charge >= 0.3 is 0 Å². The Bertz CT molecular complexity index is 675. The lowest BCUT2D eigenvalue weighted by atomic mass is 10.3. The molecule has 0 fully saturated rings. The van der Waals surface area contributed by atoms with E-state index >= 15 is 0 Å². The van der Waals surface area contributed by atoms with Crippen molar-refractivity contribution in [2.45, 2.75) is 26.1 Å². The highest BCUT2D eigenvalue weighted by Gasteiger charge is 2.04. The number of hydrogen-bond donors (Lipinski definition) is 2. The Morgan fingerprint density at radius 1 is 1.24 bits per heavy atom. The maximum atomic E-state index is 8.78. The molecule has 2 heterocycles. The molecule has 2 N–H and O–H groups in total. The van der Waals surface area contributed by atoms with Crippen molar-refractivity contribution in [3.63, 3.8) is 0 Å². The molecular formula is C14H17N5OS. The van der Waals surface area contributed by atoms with Crippen LogP contribution in [0.15, 0.2) is 30.5 Å². The number of hydrogen-bond acceptors (Lipinski definition) is 6. The topological polar surface area (TPSA) is 75.9 Å². The number of nitrogens with zero attached hydrogens (tertiary/aromatic N) is 4. The van der Waals surface area contributed by atoms with E-state index in [-0.39, 0.29) is 6.61 Å². The summed E-state index contributed by atoms with van der Waals surface area (Å²) in [6, 6.07) is 8.15. The number of rotatable bonds is 7. The van der Waals surface area contributed by atoms with Gasteiger partial charge in [0, 0.05) is 32.4 Å². The Balaban J connectivity index is 1.52. The second kappa shape index (κ2) is 6.75. The van der Waals surface area contributed by atoms with E-state index in [1.807, 2.05) is 24.4 Å². The number of thiazole rings is 1. The second-order valence-electron chi connectivity index (χ2n) is 4.73. The van der Waals surface area contributed by atoms with E-state index in [1.165, 1.54) is 4.70 Å². The van der Waals surface area contributed by atoms with Crippen LogP contribution < -0.4 is 5.32 Å². The van der Waals surface area contributed by atoms with Gasteiger partial charge in [-0.1, -0.05) is 17.3 Å². The minimum Gasteiger partial charge on any atom is -0.396 e. The lowest BCUT2D eigenvalue weighted by Crippen LogP contribution is -2.12. The molecule has 0 radical (unpaired) electrons. The Morgan fingerprint density at radius 2 is 2.14 bits per heavy atom. The summed E-state index contributed by atoms with van der Waals surface area (Å²) in [6.07, 6.45) is 2.60. The molecule has 0 atom stereocenters. The van der Waals surface area contributed by atoms with Gasteiger partial charge in [-0.2, -0.15) is 0 Å². The molecule has 3 rings (SSSR count). The average Bonchev–Trinajstić information content (AvgIpc) is 3.11. The Hall–Kier alpha value is -1.83. The Morgan fingerprint density at radius 3 is 3.00 bits per heavy atom. The summed E-state index contributed by atoms with van der Waals surface area (Å²) >= 11 is 1.71. The zero-order chi connectivity index (χ0) is 14.5. The highest BCUT2D eigenvalue weighted by molar-refractivity contribution is 7.18. The van der Waals surface area contributed by atoms with E-state index in [0.717, 1.165) is 22.8 Å². The van der Waals surface area contributed by atoms with Crippen molar-refractivity contribution >= 4 is 21.6 Å². The van der Waals surface area contributed by atoms with E-state index in [2.05, 4.69) is 26.7 Å². The van der Waals surface area contributed by atoms with Gasteiger partial charge in [-0.05, 0) is 18.6 Å². The molecule has 2 aromatic heterocycles. The quantitative estimate of drug-likeness (QED) is 0.693. The fourth-order valence-corrected chi connectivity index (χ4v) is 2.99. The molecule has 0 saturated carbocycles. The van der Waals surface area contributed by atoms with Crippen LogP contribution in [0.5, 0.6) is 0 Å². The number of benzene rings is 1. The van der Waals surface area contributed by atoms with Crippen LogP contribution in [0.25, 0.3) is 10.2 Å². The average molecular weight is 303 g/mol. The van der Waals surface area contributed by atoms with Crippen molar-refractivity contribution in [3.05, 3.63) is 41.2 Å². The van der Waals surface area contributed by atoms with Crippen molar-refractivity contribution in [1.82, 2.24) is 25.3 Å². The normalized spacial score (nSPS) is 11.3. The molecule has 6 nitrogen and oxygen atoms in total. The summed E-state index contributed by atoms with van der Waals surface area (Å²) in [5.74, 6) is 0. The molecule has 110 valence electrons. The second-order valence-corrected chi connectivity index (χ2v) is 5.84. The van der Waals surface area contributed by atoms with Crippen molar-refractivity contribution in [1.29, 1.82) is 0 Å². The first-order chi connectivity index (χ1) is 10.3. The predicted octanol–water partition coefficient (Wildman–Crippen LogP) is 1.56.